The predicted octanol–water partition coefficient (Wildman–Crippen LogP) is 6.23. The van der Waals surface area contributed by atoms with E-state index in [-0.39, 0.29) is 10.8 Å². The summed E-state index contributed by atoms with van der Waals surface area (Å²) in [6.07, 6.45) is -0.740. The molecule has 3 nitrogen and oxygen atoms in total. The summed E-state index contributed by atoms with van der Waals surface area (Å²) in [5, 5.41) is 0. The zero-order chi connectivity index (χ0) is 19.9. The third kappa shape index (κ3) is 3.18. The van der Waals surface area contributed by atoms with E-state index in [1.54, 1.807) is 24.3 Å². The summed E-state index contributed by atoms with van der Waals surface area (Å²) in [4.78, 5) is 12.1. The molecular weight excluding hydrogens is 348 g/mol. The van der Waals surface area contributed by atoms with E-state index in [0.29, 0.717) is 11.5 Å². The molecule has 4 aliphatic heterocycles. The minimum atomic E-state index is -0.740. The average molecular weight is 372 g/mol. The molecule has 142 valence electrons. The second-order valence-corrected chi connectivity index (χ2v) is 8.33. The summed E-state index contributed by atoms with van der Waals surface area (Å²) in [7, 11) is 0. The van der Waals surface area contributed by atoms with E-state index < -0.39 is 6.16 Å². The van der Waals surface area contributed by atoms with Crippen LogP contribution >= 0.6 is 0 Å². The van der Waals surface area contributed by atoms with Crippen LogP contribution < -0.4 is 9.47 Å². The fourth-order valence-electron chi connectivity index (χ4n) is 3.72. The Morgan fingerprint density at radius 1 is 0.571 bits per heavy atom. The highest BCUT2D eigenvalue weighted by atomic mass is 16.7. The number of rotatable bonds is 0. The molecule has 7 rings (SSSR count). The van der Waals surface area contributed by atoms with Crippen LogP contribution in [0.25, 0.3) is 0 Å². The number of hydrogen-bond acceptors (Lipinski definition) is 3. The minimum Gasteiger partial charge on any atom is -0.395 e. The second kappa shape index (κ2) is 6.52. The van der Waals surface area contributed by atoms with Crippen molar-refractivity contribution in [3.05, 3.63) is 95.1 Å². The van der Waals surface area contributed by atoms with Crippen molar-refractivity contribution in [1.82, 2.24) is 0 Å². The van der Waals surface area contributed by atoms with E-state index in [1.165, 1.54) is 11.1 Å². The van der Waals surface area contributed by atoms with Gasteiger partial charge in [-0.05, 0) is 46.5 Å². The summed E-state index contributed by atoms with van der Waals surface area (Å²) in [5.41, 5.74) is 4.42. The fourth-order valence-corrected chi connectivity index (χ4v) is 3.72. The van der Waals surface area contributed by atoms with Gasteiger partial charge in [-0.3, -0.25) is 0 Å². The van der Waals surface area contributed by atoms with Gasteiger partial charge in [-0.15, -0.1) is 0 Å². The van der Waals surface area contributed by atoms with Gasteiger partial charge in [0.15, 0.2) is 0 Å². The smallest absolute Gasteiger partial charge is 0.395 e. The molecule has 3 aromatic rings. The Hall–Kier alpha value is -3.07. The zero-order valence-corrected chi connectivity index (χ0v) is 16.7. The van der Waals surface area contributed by atoms with Crippen LogP contribution in [0.15, 0.2) is 72.8 Å². The van der Waals surface area contributed by atoms with E-state index in [4.69, 9.17) is 9.47 Å². The highest BCUT2D eigenvalue weighted by molar-refractivity contribution is 5.67. The van der Waals surface area contributed by atoms with E-state index in [2.05, 4.69) is 52.0 Å². The molecule has 0 saturated heterocycles. The van der Waals surface area contributed by atoms with Crippen molar-refractivity contribution in [1.29, 1.82) is 0 Å². The third-order valence-corrected chi connectivity index (χ3v) is 5.86. The molecule has 0 amide bonds. The van der Waals surface area contributed by atoms with Crippen molar-refractivity contribution in [2.45, 2.75) is 38.5 Å². The van der Waals surface area contributed by atoms with Gasteiger partial charge in [0.05, 0.1) is 0 Å². The van der Waals surface area contributed by atoms with Gasteiger partial charge in [-0.1, -0.05) is 76.2 Å². The number of benzene rings is 3. The molecule has 0 spiro atoms. The van der Waals surface area contributed by atoms with Crippen LogP contribution in [0.5, 0.6) is 11.5 Å². The highest BCUT2D eigenvalue weighted by Gasteiger charge is 2.28. The summed E-state index contributed by atoms with van der Waals surface area (Å²) >= 11 is 0. The lowest BCUT2D eigenvalue weighted by molar-refractivity contribution is 0.152. The molecule has 0 atom stereocenters. The average Bonchev–Trinajstić information content (AvgIpc) is 2.68. The molecule has 3 aromatic carbocycles. The second-order valence-electron chi connectivity index (χ2n) is 8.33. The third-order valence-electron chi connectivity index (χ3n) is 5.86. The SMILES string of the molecule is CC1(C)c2ccc(cc2)OC(=O)Oc2ccc(cc2)C(C)(C)c2cccc1c2. The molecular formula is C25H24O3. The van der Waals surface area contributed by atoms with Gasteiger partial charge in [-0.25, -0.2) is 4.79 Å². The molecule has 0 aliphatic carbocycles. The first kappa shape index (κ1) is 18.3. The highest BCUT2D eigenvalue weighted by Crippen LogP contribution is 2.37. The molecule has 0 saturated carbocycles. The van der Waals surface area contributed by atoms with Gasteiger partial charge < -0.3 is 9.47 Å². The van der Waals surface area contributed by atoms with E-state index >= 15 is 0 Å². The van der Waals surface area contributed by atoms with Crippen molar-refractivity contribution < 1.29 is 14.3 Å². The molecule has 3 heteroatoms. The maximum absolute atomic E-state index is 12.1. The maximum Gasteiger partial charge on any atom is 0.519 e. The van der Waals surface area contributed by atoms with Crippen molar-refractivity contribution in [2.24, 2.45) is 0 Å². The van der Waals surface area contributed by atoms with Crippen molar-refractivity contribution in [3.63, 3.8) is 0 Å². The first-order valence-corrected chi connectivity index (χ1v) is 9.48. The molecule has 0 fully saturated rings. The van der Waals surface area contributed by atoms with Crippen LogP contribution in [0, 0.1) is 0 Å². The molecule has 4 aliphatic rings. The summed E-state index contributed by atoms with van der Waals surface area (Å²) in [5.74, 6) is 0.922. The van der Waals surface area contributed by atoms with Crippen molar-refractivity contribution in [2.75, 3.05) is 0 Å². The Labute approximate surface area is 165 Å². The molecule has 6 bridgehead atoms. The van der Waals surface area contributed by atoms with Gasteiger partial charge in [0.25, 0.3) is 0 Å². The number of ether oxygens (including phenoxy) is 2. The summed E-state index contributed by atoms with van der Waals surface area (Å²) in [6, 6.07) is 24.0. The quantitative estimate of drug-likeness (QED) is 0.347. The Morgan fingerprint density at radius 3 is 1.36 bits per heavy atom. The van der Waals surface area contributed by atoms with Gasteiger partial charge in [0.2, 0.25) is 0 Å². The van der Waals surface area contributed by atoms with Crippen molar-refractivity contribution >= 4 is 6.16 Å². The number of carbonyl (C=O) groups excluding carboxylic acids is 1. The zero-order valence-electron chi connectivity index (χ0n) is 16.7. The molecule has 28 heavy (non-hydrogen) atoms. The van der Waals surface area contributed by atoms with Gasteiger partial charge in [-0.2, -0.15) is 0 Å². The predicted molar refractivity (Wildman–Crippen MR) is 110 cm³/mol. The minimum absolute atomic E-state index is 0.188. The molecule has 0 N–H and O–H groups in total. The lowest BCUT2D eigenvalue weighted by Gasteiger charge is -2.31. The Kier molecular flexibility index (Phi) is 4.26. The van der Waals surface area contributed by atoms with Crippen LogP contribution in [0.1, 0.15) is 49.9 Å². The molecule has 4 heterocycles. The van der Waals surface area contributed by atoms with Crippen LogP contribution in [0.2, 0.25) is 0 Å². The van der Waals surface area contributed by atoms with E-state index in [9.17, 15) is 4.79 Å². The van der Waals surface area contributed by atoms with Crippen molar-refractivity contribution in [3.8, 4) is 11.5 Å². The van der Waals surface area contributed by atoms with E-state index in [1.807, 2.05) is 24.3 Å². The van der Waals surface area contributed by atoms with Gasteiger partial charge in [0, 0.05) is 10.8 Å². The maximum atomic E-state index is 12.1. The van der Waals surface area contributed by atoms with Gasteiger partial charge >= 0.3 is 6.16 Å². The van der Waals surface area contributed by atoms with Gasteiger partial charge in [0.1, 0.15) is 11.5 Å². The lowest BCUT2D eigenvalue weighted by atomic mass is 9.73. The Morgan fingerprint density at radius 2 is 0.964 bits per heavy atom. The van der Waals surface area contributed by atoms with E-state index in [0.717, 1.165) is 11.1 Å². The van der Waals surface area contributed by atoms with Crippen LogP contribution in [0.3, 0.4) is 0 Å². The molecule has 0 radical (unpaired) electrons. The Bertz CT molecular complexity index is 934. The standard InChI is InChI=1S/C25H24O3/c1-24(2)17-8-12-21(13-9-17)27-23(26)28-22-14-10-18(11-15-22)25(3,4)20-7-5-6-19(24)16-20/h5-16H,1-4H3. The molecule has 0 unspecified atom stereocenters. The van der Waals surface area contributed by atoms with Crippen LogP contribution in [-0.4, -0.2) is 6.16 Å². The Balaban J connectivity index is 1.90. The number of hydrogen-bond donors (Lipinski definition) is 0. The first-order valence-electron chi connectivity index (χ1n) is 9.48. The summed E-state index contributed by atoms with van der Waals surface area (Å²) in [6.45, 7) is 8.84. The monoisotopic (exact) mass is 372 g/mol. The lowest BCUT2D eigenvalue weighted by Crippen LogP contribution is -2.23. The number of carbonyl (C=O) groups is 1. The summed E-state index contributed by atoms with van der Waals surface area (Å²) < 4.78 is 10.6. The molecule has 0 aromatic heterocycles. The van der Waals surface area contributed by atoms with Crippen LogP contribution in [-0.2, 0) is 10.8 Å². The topological polar surface area (TPSA) is 35.5 Å². The largest absolute Gasteiger partial charge is 0.519 e. The first-order chi connectivity index (χ1) is 13.3. The normalized spacial score (nSPS) is 17.1. The fraction of sp³-hybridized carbons (Fsp3) is 0.240. The van der Waals surface area contributed by atoms with Crippen LogP contribution in [0.4, 0.5) is 4.79 Å².